The highest BCUT2D eigenvalue weighted by Gasteiger charge is 2.31. The molecular weight excluding hydrogens is 281 g/mol. The molecule has 0 fully saturated rings. The van der Waals surface area contributed by atoms with E-state index >= 15 is 0 Å². The third-order valence-corrected chi connectivity index (χ3v) is 3.32. The predicted molar refractivity (Wildman–Crippen MR) is 72.2 cm³/mol. The minimum atomic E-state index is -4.41. The van der Waals surface area contributed by atoms with Gasteiger partial charge < -0.3 is 0 Å². The number of rotatable bonds is 3. The summed E-state index contributed by atoms with van der Waals surface area (Å²) in [7, 11) is 1.64. The van der Waals surface area contributed by atoms with E-state index in [1.807, 2.05) is 6.92 Å². The molecule has 0 aliphatic heterocycles. The Morgan fingerprint density at radius 3 is 2.43 bits per heavy atom. The second-order valence-electron chi connectivity index (χ2n) is 4.85. The minimum Gasteiger partial charge on any atom is -0.287 e. The van der Waals surface area contributed by atoms with Gasteiger partial charge in [0.15, 0.2) is 0 Å². The number of hydrogen-bond acceptors (Lipinski definition) is 2. The SMILES string of the molecule is CCc1cc(C(=O)c2ccc(C(F)(F)F)cc2C)n(C)n1. The maximum atomic E-state index is 12.6. The summed E-state index contributed by atoms with van der Waals surface area (Å²) < 4.78 is 39.4. The van der Waals surface area contributed by atoms with Crippen LogP contribution in [0.4, 0.5) is 13.2 Å². The molecular formula is C15H15F3N2O. The van der Waals surface area contributed by atoms with E-state index in [0.29, 0.717) is 17.7 Å². The van der Waals surface area contributed by atoms with Gasteiger partial charge in [0, 0.05) is 12.6 Å². The second-order valence-corrected chi connectivity index (χ2v) is 4.85. The first-order valence-electron chi connectivity index (χ1n) is 6.49. The van der Waals surface area contributed by atoms with Crippen molar-refractivity contribution in [2.45, 2.75) is 26.4 Å². The highest BCUT2D eigenvalue weighted by atomic mass is 19.4. The summed E-state index contributed by atoms with van der Waals surface area (Å²) in [5, 5.41) is 4.18. The molecule has 0 radical (unpaired) electrons. The third kappa shape index (κ3) is 2.99. The smallest absolute Gasteiger partial charge is 0.287 e. The van der Waals surface area contributed by atoms with E-state index in [9.17, 15) is 18.0 Å². The summed E-state index contributed by atoms with van der Waals surface area (Å²) in [6.07, 6.45) is -3.72. The van der Waals surface area contributed by atoms with E-state index in [1.165, 1.54) is 17.7 Å². The molecule has 6 heteroatoms. The lowest BCUT2D eigenvalue weighted by Gasteiger charge is -2.10. The number of ketones is 1. The summed E-state index contributed by atoms with van der Waals surface area (Å²) in [6.45, 7) is 3.42. The molecule has 0 N–H and O–H groups in total. The van der Waals surface area contributed by atoms with Gasteiger partial charge in [-0.25, -0.2) is 0 Å². The van der Waals surface area contributed by atoms with Crippen molar-refractivity contribution < 1.29 is 18.0 Å². The second kappa shape index (κ2) is 5.35. The predicted octanol–water partition coefficient (Wildman–Crippen LogP) is 3.54. The number of halogens is 3. The van der Waals surface area contributed by atoms with Crippen molar-refractivity contribution in [2.75, 3.05) is 0 Å². The van der Waals surface area contributed by atoms with Crippen LogP contribution in [-0.2, 0) is 19.6 Å². The van der Waals surface area contributed by atoms with Crippen molar-refractivity contribution in [1.29, 1.82) is 0 Å². The first kappa shape index (κ1) is 15.3. The highest BCUT2D eigenvalue weighted by Crippen LogP contribution is 2.30. The number of hydrogen-bond donors (Lipinski definition) is 0. The highest BCUT2D eigenvalue weighted by molar-refractivity contribution is 6.08. The Hall–Kier alpha value is -2.11. The van der Waals surface area contributed by atoms with Crippen LogP contribution in [0.1, 0.15) is 39.8 Å². The van der Waals surface area contributed by atoms with Crippen LogP contribution in [0.2, 0.25) is 0 Å². The molecule has 3 nitrogen and oxygen atoms in total. The van der Waals surface area contributed by atoms with Crippen LogP contribution in [0, 0.1) is 6.92 Å². The molecule has 0 saturated carbocycles. The maximum absolute atomic E-state index is 12.6. The van der Waals surface area contributed by atoms with Crippen LogP contribution in [0.3, 0.4) is 0 Å². The summed E-state index contributed by atoms with van der Waals surface area (Å²) in [5.41, 5.74) is 0.943. The van der Waals surface area contributed by atoms with Crippen LogP contribution in [0.25, 0.3) is 0 Å². The Kier molecular flexibility index (Phi) is 3.89. The summed E-state index contributed by atoms with van der Waals surface area (Å²) in [4.78, 5) is 12.4. The molecule has 0 aliphatic rings. The third-order valence-electron chi connectivity index (χ3n) is 3.32. The quantitative estimate of drug-likeness (QED) is 0.812. The fourth-order valence-corrected chi connectivity index (χ4v) is 2.14. The Labute approximate surface area is 120 Å². The first-order valence-corrected chi connectivity index (χ1v) is 6.49. The van der Waals surface area contributed by atoms with Crippen molar-refractivity contribution >= 4 is 5.78 Å². The van der Waals surface area contributed by atoms with Gasteiger partial charge in [0.05, 0.1) is 11.3 Å². The van der Waals surface area contributed by atoms with E-state index in [4.69, 9.17) is 0 Å². The Morgan fingerprint density at radius 2 is 1.95 bits per heavy atom. The first-order chi connectivity index (χ1) is 9.74. The number of benzene rings is 1. The van der Waals surface area contributed by atoms with Crippen molar-refractivity contribution in [1.82, 2.24) is 9.78 Å². The molecule has 1 aromatic heterocycles. The molecule has 2 rings (SSSR count). The lowest BCUT2D eigenvalue weighted by molar-refractivity contribution is -0.137. The number of aryl methyl sites for hydroxylation is 3. The van der Waals surface area contributed by atoms with E-state index in [1.54, 1.807) is 13.1 Å². The lowest BCUT2D eigenvalue weighted by atomic mass is 9.99. The molecule has 112 valence electrons. The topological polar surface area (TPSA) is 34.9 Å². The average Bonchev–Trinajstić information content (AvgIpc) is 2.78. The monoisotopic (exact) mass is 296 g/mol. The van der Waals surface area contributed by atoms with Crippen molar-refractivity contribution in [2.24, 2.45) is 7.05 Å². The summed E-state index contributed by atoms with van der Waals surface area (Å²) in [5.74, 6) is -0.323. The van der Waals surface area contributed by atoms with Gasteiger partial charge in [-0.3, -0.25) is 9.48 Å². The van der Waals surface area contributed by atoms with Gasteiger partial charge in [-0.2, -0.15) is 18.3 Å². The molecule has 0 saturated heterocycles. The minimum absolute atomic E-state index is 0.258. The molecule has 0 amide bonds. The molecule has 0 atom stereocenters. The van der Waals surface area contributed by atoms with Gasteiger partial charge in [-0.15, -0.1) is 0 Å². The van der Waals surface area contributed by atoms with Gasteiger partial charge >= 0.3 is 6.18 Å². The van der Waals surface area contributed by atoms with Crippen LogP contribution >= 0.6 is 0 Å². The molecule has 0 unspecified atom stereocenters. The lowest BCUT2D eigenvalue weighted by Crippen LogP contribution is -2.11. The number of carbonyl (C=O) groups is 1. The molecule has 2 aromatic rings. The van der Waals surface area contributed by atoms with Gasteiger partial charge in [-0.05, 0) is 37.1 Å². The zero-order valence-electron chi connectivity index (χ0n) is 12.0. The summed E-state index contributed by atoms with van der Waals surface area (Å²) in [6, 6.07) is 4.81. The molecule has 1 heterocycles. The van der Waals surface area contributed by atoms with Gasteiger partial charge in [0.25, 0.3) is 0 Å². The van der Waals surface area contributed by atoms with Gasteiger partial charge in [0.1, 0.15) is 5.69 Å². The van der Waals surface area contributed by atoms with Crippen LogP contribution < -0.4 is 0 Å². The zero-order valence-corrected chi connectivity index (χ0v) is 12.0. The zero-order chi connectivity index (χ0) is 15.8. The molecule has 0 aliphatic carbocycles. The van der Waals surface area contributed by atoms with E-state index in [0.717, 1.165) is 17.8 Å². The standard InChI is InChI=1S/C15H15F3N2O/c1-4-11-8-13(20(3)19-11)14(21)12-6-5-10(7-9(12)2)15(16,17)18/h5-8H,4H2,1-3H3. The van der Waals surface area contributed by atoms with Crippen molar-refractivity contribution in [3.8, 4) is 0 Å². The van der Waals surface area contributed by atoms with E-state index < -0.39 is 11.7 Å². The number of carbonyl (C=O) groups excluding carboxylic acids is 1. The van der Waals surface area contributed by atoms with E-state index in [2.05, 4.69) is 5.10 Å². The van der Waals surface area contributed by atoms with Gasteiger partial charge in [-0.1, -0.05) is 13.0 Å². The average molecular weight is 296 g/mol. The van der Waals surface area contributed by atoms with Crippen molar-refractivity contribution in [3.05, 3.63) is 52.3 Å². The van der Waals surface area contributed by atoms with Gasteiger partial charge in [0.2, 0.25) is 5.78 Å². The summed E-state index contributed by atoms with van der Waals surface area (Å²) >= 11 is 0. The Balaban J connectivity index is 2.42. The molecule has 21 heavy (non-hydrogen) atoms. The van der Waals surface area contributed by atoms with Crippen molar-refractivity contribution in [3.63, 3.8) is 0 Å². The fourth-order valence-electron chi connectivity index (χ4n) is 2.14. The normalized spacial score (nSPS) is 11.7. The number of nitrogens with zero attached hydrogens (tertiary/aromatic N) is 2. The van der Waals surface area contributed by atoms with Crippen LogP contribution in [0.5, 0.6) is 0 Å². The Bertz CT molecular complexity index is 687. The molecule has 0 bridgehead atoms. The van der Waals surface area contributed by atoms with Crippen LogP contribution in [-0.4, -0.2) is 15.6 Å². The Morgan fingerprint density at radius 1 is 1.29 bits per heavy atom. The fraction of sp³-hybridized carbons (Fsp3) is 0.333. The number of aromatic nitrogens is 2. The number of alkyl halides is 3. The largest absolute Gasteiger partial charge is 0.416 e. The van der Waals surface area contributed by atoms with Crippen LogP contribution in [0.15, 0.2) is 24.3 Å². The molecule has 0 spiro atoms. The van der Waals surface area contributed by atoms with E-state index in [-0.39, 0.29) is 11.3 Å². The molecule has 1 aromatic carbocycles. The maximum Gasteiger partial charge on any atom is 0.416 e.